The van der Waals surface area contributed by atoms with E-state index >= 15 is 0 Å². The zero-order valence-electron chi connectivity index (χ0n) is 30.1. The van der Waals surface area contributed by atoms with Crippen LogP contribution in [0, 0.1) is 0 Å². The lowest BCUT2D eigenvalue weighted by Gasteiger charge is -2.22. The van der Waals surface area contributed by atoms with E-state index in [0.29, 0.717) is 17.5 Å². The SMILES string of the molecule is CC1(C)c2cc(-c3cccc(-c4nc(-c5ccccc5)nc(-c5cccc6c5oc5ccccc56)n4)c3)ccc2-c2cc3nc(-c4ccccc4)sc3cc21. The van der Waals surface area contributed by atoms with Gasteiger partial charge >= 0.3 is 0 Å². The Morgan fingerprint density at radius 1 is 0.455 bits per heavy atom. The van der Waals surface area contributed by atoms with Crippen molar-refractivity contribution in [1.82, 2.24) is 19.9 Å². The molecule has 0 aliphatic heterocycles. The first-order chi connectivity index (χ1) is 27.0. The maximum absolute atomic E-state index is 6.42. The second-order valence-corrected chi connectivity index (χ2v) is 15.7. The Morgan fingerprint density at radius 2 is 1.09 bits per heavy atom. The molecular weight excluding hydrogens is 693 g/mol. The number of thiazole rings is 1. The van der Waals surface area contributed by atoms with Crippen molar-refractivity contribution in [2.75, 3.05) is 0 Å². The number of hydrogen-bond donors (Lipinski definition) is 0. The molecule has 55 heavy (non-hydrogen) atoms. The van der Waals surface area contributed by atoms with Crippen molar-refractivity contribution in [1.29, 1.82) is 0 Å². The van der Waals surface area contributed by atoms with Crippen molar-refractivity contribution in [2.24, 2.45) is 0 Å². The molecule has 5 nitrogen and oxygen atoms in total. The monoisotopic (exact) mass is 724 g/mol. The fraction of sp³-hybridized carbons (Fsp3) is 0.0612. The Labute approximate surface area is 321 Å². The number of fused-ring (bicyclic) bond motifs is 7. The van der Waals surface area contributed by atoms with E-state index in [0.717, 1.165) is 65.8 Å². The molecule has 3 aromatic heterocycles. The van der Waals surface area contributed by atoms with Gasteiger partial charge in [0.1, 0.15) is 16.2 Å². The van der Waals surface area contributed by atoms with Crippen LogP contribution in [0.4, 0.5) is 0 Å². The van der Waals surface area contributed by atoms with E-state index in [-0.39, 0.29) is 5.41 Å². The van der Waals surface area contributed by atoms with E-state index in [1.54, 1.807) is 11.3 Å². The zero-order valence-corrected chi connectivity index (χ0v) is 30.9. The number of benzene rings is 7. The molecule has 0 radical (unpaired) electrons. The van der Waals surface area contributed by atoms with Crippen molar-refractivity contribution in [3.8, 4) is 67.0 Å². The molecule has 1 aliphatic carbocycles. The standard InChI is InChI=1S/C49H32N4OS/c1-49(2)39-26-32(23-24-34(39)38-27-41-43(28-40(38)49)55-48(50-41)30-15-7-4-8-16-30)31-17-11-18-33(25-31)46-51-45(29-13-5-3-6-14-29)52-47(53-46)37-21-12-20-36-35-19-9-10-22-42(35)54-44(36)37/h3-28H,1-2H3. The lowest BCUT2D eigenvalue weighted by Crippen LogP contribution is -2.15. The third-order valence-electron chi connectivity index (χ3n) is 11.0. The van der Waals surface area contributed by atoms with Gasteiger partial charge in [-0.05, 0) is 69.8 Å². The molecule has 0 saturated carbocycles. The van der Waals surface area contributed by atoms with Crippen LogP contribution in [0.25, 0.3) is 99.1 Å². The Morgan fingerprint density at radius 3 is 1.93 bits per heavy atom. The molecule has 11 rings (SSSR count). The number of nitrogens with zero attached hydrogens (tertiary/aromatic N) is 4. The van der Waals surface area contributed by atoms with Crippen molar-refractivity contribution in [2.45, 2.75) is 19.3 Å². The van der Waals surface area contributed by atoms with Crippen LogP contribution in [0.1, 0.15) is 25.0 Å². The van der Waals surface area contributed by atoms with Crippen LogP contribution >= 0.6 is 11.3 Å². The molecule has 0 N–H and O–H groups in total. The van der Waals surface area contributed by atoms with Crippen molar-refractivity contribution < 1.29 is 4.42 Å². The second-order valence-electron chi connectivity index (χ2n) is 14.7. The van der Waals surface area contributed by atoms with Gasteiger partial charge in [0.15, 0.2) is 17.5 Å². The molecule has 0 amide bonds. The van der Waals surface area contributed by atoms with E-state index in [9.17, 15) is 0 Å². The van der Waals surface area contributed by atoms with E-state index in [1.165, 1.54) is 27.0 Å². The highest BCUT2D eigenvalue weighted by atomic mass is 32.1. The molecule has 3 heterocycles. The highest BCUT2D eigenvalue weighted by Crippen LogP contribution is 2.51. The van der Waals surface area contributed by atoms with Crippen molar-refractivity contribution >= 4 is 43.5 Å². The van der Waals surface area contributed by atoms with Gasteiger partial charge in [-0.2, -0.15) is 0 Å². The molecule has 0 bridgehead atoms. The lowest BCUT2D eigenvalue weighted by atomic mass is 9.81. The third-order valence-corrected chi connectivity index (χ3v) is 12.0. The predicted octanol–water partition coefficient (Wildman–Crippen LogP) is 13.0. The number of para-hydroxylation sites is 2. The fourth-order valence-electron chi connectivity index (χ4n) is 8.14. The molecule has 10 aromatic rings. The average molecular weight is 725 g/mol. The summed E-state index contributed by atoms with van der Waals surface area (Å²) in [6, 6.07) is 54.9. The summed E-state index contributed by atoms with van der Waals surface area (Å²) in [7, 11) is 0. The molecule has 7 aromatic carbocycles. The number of hydrogen-bond acceptors (Lipinski definition) is 6. The summed E-state index contributed by atoms with van der Waals surface area (Å²) in [6.45, 7) is 4.67. The van der Waals surface area contributed by atoms with Gasteiger partial charge in [0.2, 0.25) is 0 Å². The van der Waals surface area contributed by atoms with Crippen LogP contribution in [-0.4, -0.2) is 19.9 Å². The lowest BCUT2D eigenvalue weighted by molar-refractivity contribution is 0.661. The Bertz CT molecular complexity index is 3130. The summed E-state index contributed by atoms with van der Waals surface area (Å²) in [5, 5.41) is 3.16. The van der Waals surface area contributed by atoms with Gasteiger partial charge in [0.25, 0.3) is 0 Å². The molecule has 0 unspecified atom stereocenters. The molecule has 0 saturated heterocycles. The van der Waals surface area contributed by atoms with Gasteiger partial charge in [-0.3, -0.25) is 0 Å². The summed E-state index contributed by atoms with van der Waals surface area (Å²) in [4.78, 5) is 20.3. The van der Waals surface area contributed by atoms with E-state index in [2.05, 4.69) is 105 Å². The molecule has 1 aliphatic rings. The van der Waals surface area contributed by atoms with Gasteiger partial charge in [0.05, 0.1) is 15.8 Å². The maximum Gasteiger partial charge on any atom is 0.167 e. The largest absolute Gasteiger partial charge is 0.455 e. The van der Waals surface area contributed by atoms with Crippen LogP contribution in [0.15, 0.2) is 162 Å². The second kappa shape index (κ2) is 12.1. The highest BCUT2D eigenvalue weighted by Gasteiger charge is 2.36. The minimum Gasteiger partial charge on any atom is -0.455 e. The number of rotatable bonds is 5. The first kappa shape index (κ1) is 31.7. The summed E-state index contributed by atoms with van der Waals surface area (Å²) in [6.07, 6.45) is 0. The van der Waals surface area contributed by atoms with Crippen molar-refractivity contribution in [3.63, 3.8) is 0 Å². The highest BCUT2D eigenvalue weighted by molar-refractivity contribution is 7.21. The normalized spacial score (nSPS) is 13.1. The van der Waals surface area contributed by atoms with E-state index in [1.807, 2.05) is 66.7 Å². The molecule has 0 fully saturated rings. The third kappa shape index (κ3) is 5.13. The Hall–Kier alpha value is -6.76. The molecule has 6 heteroatoms. The topological polar surface area (TPSA) is 64.7 Å². The van der Waals surface area contributed by atoms with Crippen LogP contribution < -0.4 is 0 Å². The summed E-state index contributed by atoms with van der Waals surface area (Å²) in [5.41, 5.74) is 13.8. The minimum absolute atomic E-state index is 0.172. The summed E-state index contributed by atoms with van der Waals surface area (Å²) >= 11 is 1.76. The fourth-order valence-corrected chi connectivity index (χ4v) is 9.13. The van der Waals surface area contributed by atoms with E-state index < -0.39 is 0 Å². The van der Waals surface area contributed by atoms with Gasteiger partial charge in [-0.15, -0.1) is 11.3 Å². The predicted molar refractivity (Wildman–Crippen MR) is 225 cm³/mol. The Balaban J connectivity index is 1.01. The van der Waals surface area contributed by atoms with Gasteiger partial charge in [-0.1, -0.05) is 135 Å². The molecule has 260 valence electrons. The van der Waals surface area contributed by atoms with Gasteiger partial charge in [0, 0.05) is 32.9 Å². The smallest absolute Gasteiger partial charge is 0.167 e. The quantitative estimate of drug-likeness (QED) is 0.177. The van der Waals surface area contributed by atoms with Gasteiger partial charge in [-0.25, -0.2) is 19.9 Å². The Kier molecular flexibility index (Phi) is 7.00. The number of aromatic nitrogens is 4. The summed E-state index contributed by atoms with van der Waals surface area (Å²) < 4.78 is 7.64. The van der Waals surface area contributed by atoms with E-state index in [4.69, 9.17) is 24.4 Å². The van der Waals surface area contributed by atoms with Crippen LogP contribution in [0.2, 0.25) is 0 Å². The number of furan rings is 1. The van der Waals surface area contributed by atoms with Gasteiger partial charge < -0.3 is 4.42 Å². The minimum atomic E-state index is -0.172. The maximum atomic E-state index is 6.42. The van der Waals surface area contributed by atoms with Crippen LogP contribution in [-0.2, 0) is 5.41 Å². The summed E-state index contributed by atoms with van der Waals surface area (Å²) in [5.74, 6) is 1.79. The first-order valence-electron chi connectivity index (χ1n) is 18.5. The molecule has 0 atom stereocenters. The first-order valence-corrected chi connectivity index (χ1v) is 19.3. The van der Waals surface area contributed by atoms with Crippen LogP contribution in [0.3, 0.4) is 0 Å². The molecule has 0 spiro atoms. The average Bonchev–Trinajstić information content (AvgIpc) is 3.90. The van der Waals surface area contributed by atoms with Crippen LogP contribution in [0.5, 0.6) is 0 Å². The van der Waals surface area contributed by atoms with Crippen molar-refractivity contribution in [3.05, 3.63) is 169 Å². The zero-order chi connectivity index (χ0) is 36.7. The molecular formula is C49H32N4OS.